The Hall–Kier alpha value is -2.61. The molecule has 28 heavy (non-hydrogen) atoms. The molecular formula is C20H25N3O4S. The molecule has 2 aromatic rings. The van der Waals surface area contributed by atoms with Crippen LogP contribution in [0.25, 0.3) is 0 Å². The van der Waals surface area contributed by atoms with Crippen molar-refractivity contribution in [3.63, 3.8) is 0 Å². The number of carbonyl (C=O) groups is 3. The molecule has 1 fully saturated rings. The lowest BCUT2D eigenvalue weighted by atomic mass is 10.0. The summed E-state index contributed by atoms with van der Waals surface area (Å²) in [7, 11) is 0. The molecule has 0 spiro atoms. The zero-order valence-corrected chi connectivity index (χ0v) is 16.9. The Balaban J connectivity index is 1.51. The largest absolute Gasteiger partial charge is 0.459 e. The van der Waals surface area contributed by atoms with Crippen molar-refractivity contribution < 1.29 is 18.8 Å². The van der Waals surface area contributed by atoms with E-state index in [0.29, 0.717) is 31.7 Å². The van der Waals surface area contributed by atoms with E-state index in [-0.39, 0.29) is 36.2 Å². The van der Waals surface area contributed by atoms with Crippen molar-refractivity contribution in [1.82, 2.24) is 15.5 Å². The lowest BCUT2D eigenvalue weighted by molar-refractivity contribution is -0.133. The second-order valence-corrected chi connectivity index (χ2v) is 8.01. The fraction of sp³-hybridized carbons (Fsp3) is 0.450. The number of hydrogen-bond donors (Lipinski definition) is 2. The van der Waals surface area contributed by atoms with Crippen molar-refractivity contribution >= 4 is 29.1 Å². The minimum absolute atomic E-state index is 0.0128. The number of piperidine rings is 1. The summed E-state index contributed by atoms with van der Waals surface area (Å²) in [5.74, 6) is -0.0112. The molecule has 3 heterocycles. The number of aryl methyl sites for hydroxylation is 1. The standard InChI is InChI=1S/C20H25N3O4S/c1-13-7-10-27-19(13)20(26)22-15-5-8-23(9-6-15)18(25)12-16(21-14(2)24)17-4-3-11-28-17/h3-4,7,10-11,15-16H,5-6,8-9,12H2,1-2H3,(H,21,24)(H,22,26). The number of likely N-dealkylation sites (tertiary alicyclic amines) is 1. The van der Waals surface area contributed by atoms with Crippen molar-refractivity contribution in [2.75, 3.05) is 13.1 Å². The molecule has 150 valence electrons. The molecule has 8 heteroatoms. The molecule has 1 aliphatic heterocycles. The average molecular weight is 404 g/mol. The first-order chi connectivity index (χ1) is 13.4. The Morgan fingerprint density at radius 3 is 2.61 bits per heavy atom. The molecule has 7 nitrogen and oxygen atoms in total. The number of amides is 3. The molecule has 1 atom stereocenters. The summed E-state index contributed by atoms with van der Waals surface area (Å²) in [6.07, 6.45) is 3.13. The smallest absolute Gasteiger partial charge is 0.287 e. The van der Waals surface area contributed by atoms with Crippen LogP contribution in [0, 0.1) is 6.92 Å². The molecule has 0 bridgehead atoms. The summed E-state index contributed by atoms with van der Waals surface area (Å²) in [4.78, 5) is 39.3. The van der Waals surface area contributed by atoms with E-state index >= 15 is 0 Å². The maximum Gasteiger partial charge on any atom is 0.287 e. The molecule has 0 aromatic carbocycles. The van der Waals surface area contributed by atoms with Crippen molar-refractivity contribution in [1.29, 1.82) is 0 Å². The van der Waals surface area contributed by atoms with Gasteiger partial charge in [-0.25, -0.2) is 0 Å². The molecule has 0 saturated carbocycles. The van der Waals surface area contributed by atoms with E-state index in [9.17, 15) is 14.4 Å². The predicted molar refractivity (Wildman–Crippen MR) is 106 cm³/mol. The SMILES string of the molecule is CC(=O)NC(CC(=O)N1CCC(NC(=O)c2occc2C)CC1)c1cccs1. The van der Waals surface area contributed by atoms with Gasteiger partial charge in [0.1, 0.15) is 0 Å². The zero-order chi connectivity index (χ0) is 20.1. The van der Waals surface area contributed by atoms with Gasteiger partial charge in [-0.1, -0.05) is 6.07 Å². The molecule has 3 amide bonds. The Labute approximate surface area is 168 Å². The van der Waals surface area contributed by atoms with Crippen LogP contribution in [0.2, 0.25) is 0 Å². The normalized spacial score (nSPS) is 15.9. The van der Waals surface area contributed by atoms with Crippen molar-refractivity contribution in [3.05, 3.63) is 46.0 Å². The van der Waals surface area contributed by atoms with E-state index in [4.69, 9.17) is 4.42 Å². The highest BCUT2D eigenvalue weighted by molar-refractivity contribution is 7.10. The van der Waals surface area contributed by atoms with Crippen LogP contribution in [0.5, 0.6) is 0 Å². The second-order valence-electron chi connectivity index (χ2n) is 7.03. The number of nitrogens with zero attached hydrogens (tertiary/aromatic N) is 1. The number of furan rings is 1. The van der Waals surface area contributed by atoms with Gasteiger partial charge in [0.2, 0.25) is 11.8 Å². The number of nitrogens with one attached hydrogen (secondary N) is 2. The Kier molecular flexibility index (Phi) is 6.51. The molecule has 0 aliphatic carbocycles. The van der Waals surface area contributed by atoms with Gasteiger partial charge in [-0.05, 0) is 37.3 Å². The average Bonchev–Trinajstić information content (AvgIpc) is 3.33. The molecule has 1 unspecified atom stereocenters. The van der Waals surface area contributed by atoms with Crippen LogP contribution in [-0.2, 0) is 9.59 Å². The molecule has 2 N–H and O–H groups in total. The van der Waals surface area contributed by atoms with Crippen LogP contribution < -0.4 is 10.6 Å². The first-order valence-corrected chi connectivity index (χ1v) is 10.2. The first kappa shape index (κ1) is 20.1. The molecule has 1 aliphatic rings. The minimum Gasteiger partial charge on any atom is -0.459 e. The van der Waals surface area contributed by atoms with Crippen LogP contribution in [0.15, 0.2) is 34.3 Å². The van der Waals surface area contributed by atoms with Gasteiger partial charge in [0.05, 0.1) is 18.7 Å². The van der Waals surface area contributed by atoms with Gasteiger partial charge in [0.25, 0.3) is 5.91 Å². The Bertz CT molecular complexity index is 822. The van der Waals surface area contributed by atoms with E-state index in [0.717, 1.165) is 10.4 Å². The first-order valence-electron chi connectivity index (χ1n) is 9.37. The van der Waals surface area contributed by atoms with E-state index in [2.05, 4.69) is 10.6 Å². The van der Waals surface area contributed by atoms with Crippen LogP contribution in [-0.4, -0.2) is 41.8 Å². The van der Waals surface area contributed by atoms with E-state index in [1.807, 2.05) is 29.3 Å². The Morgan fingerprint density at radius 2 is 2.04 bits per heavy atom. The highest BCUT2D eigenvalue weighted by Gasteiger charge is 2.27. The Morgan fingerprint density at radius 1 is 1.29 bits per heavy atom. The van der Waals surface area contributed by atoms with Gasteiger partial charge in [-0.2, -0.15) is 0 Å². The van der Waals surface area contributed by atoms with Crippen LogP contribution in [0.3, 0.4) is 0 Å². The van der Waals surface area contributed by atoms with E-state index < -0.39 is 0 Å². The van der Waals surface area contributed by atoms with Gasteiger partial charge < -0.3 is 20.0 Å². The number of hydrogen-bond acceptors (Lipinski definition) is 5. The summed E-state index contributed by atoms with van der Waals surface area (Å²) in [5, 5.41) is 7.78. The topological polar surface area (TPSA) is 91.7 Å². The highest BCUT2D eigenvalue weighted by Crippen LogP contribution is 2.24. The number of rotatable bonds is 6. The van der Waals surface area contributed by atoms with Crippen LogP contribution >= 0.6 is 11.3 Å². The summed E-state index contributed by atoms with van der Waals surface area (Å²) in [6.45, 7) is 4.45. The maximum atomic E-state index is 12.7. The van der Waals surface area contributed by atoms with E-state index in [1.54, 1.807) is 6.07 Å². The molecular weight excluding hydrogens is 378 g/mol. The monoisotopic (exact) mass is 403 g/mol. The van der Waals surface area contributed by atoms with Gasteiger partial charge in [-0.3, -0.25) is 14.4 Å². The lowest BCUT2D eigenvalue weighted by Crippen LogP contribution is -2.47. The van der Waals surface area contributed by atoms with Crippen LogP contribution in [0.4, 0.5) is 0 Å². The quantitative estimate of drug-likeness (QED) is 0.776. The van der Waals surface area contributed by atoms with Crippen molar-refractivity contribution in [3.8, 4) is 0 Å². The van der Waals surface area contributed by atoms with Gasteiger partial charge in [0.15, 0.2) is 5.76 Å². The fourth-order valence-electron chi connectivity index (χ4n) is 3.39. The van der Waals surface area contributed by atoms with E-state index in [1.165, 1.54) is 24.5 Å². The number of thiophene rings is 1. The summed E-state index contributed by atoms with van der Waals surface area (Å²) >= 11 is 1.53. The van der Waals surface area contributed by atoms with Crippen molar-refractivity contribution in [2.45, 2.75) is 45.2 Å². The zero-order valence-electron chi connectivity index (χ0n) is 16.1. The maximum absolute atomic E-state index is 12.7. The minimum atomic E-state index is -0.302. The molecule has 3 rings (SSSR count). The molecule has 2 aromatic heterocycles. The third kappa shape index (κ3) is 5.01. The third-order valence-electron chi connectivity index (χ3n) is 4.89. The molecule has 1 saturated heterocycles. The third-order valence-corrected chi connectivity index (χ3v) is 5.88. The van der Waals surface area contributed by atoms with Gasteiger partial charge in [0, 0.05) is 36.5 Å². The summed E-state index contributed by atoms with van der Waals surface area (Å²) < 4.78 is 5.23. The second kappa shape index (κ2) is 9.05. The lowest BCUT2D eigenvalue weighted by Gasteiger charge is -2.33. The summed E-state index contributed by atoms with van der Waals surface area (Å²) in [6, 6.07) is 5.31. The van der Waals surface area contributed by atoms with Gasteiger partial charge in [-0.15, -0.1) is 11.3 Å². The molecule has 0 radical (unpaired) electrons. The summed E-state index contributed by atoms with van der Waals surface area (Å²) in [5.41, 5.74) is 0.808. The highest BCUT2D eigenvalue weighted by atomic mass is 32.1. The fourth-order valence-corrected chi connectivity index (χ4v) is 4.17. The van der Waals surface area contributed by atoms with Crippen LogP contribution in [0.1, 0.15) is 53.2 Å². The number of carbonyl (C=O) groups excluding carboxylic acids is 3. The predicted octanol–water partition coefficient (Wildman–Crippen LogP) is 2.64. The van der Waals surface area contributed by atoms with Gasteiger partial charge >= 0.3 is 0 Å². The van der Waals surface area contributed by atoms with Crippen molar-refractivity contribution in [2.24, 2.45) is 0 Å².